The second-order valence-electron chi connectivity index (χ2n) is 5.14. The van der Waals surface area contributed by atoms with Crippen LogP contribution in [-0.2, 0) is 6.54 Å². The van der Waals surface area contributed by atoms with Crippen molar-refractivity contribution in [1.82, 2.24) is 14.9 Å². The number of anilines is 1. The standard InChI is InChI=1S/C16H18N4O/c21-16(20-7-3-4-8-20)13-9-15(11-17-10-13)19-12-14-5-1-2-6-18-14/h1-2,5-6,9-11,19H,3-4,7-8,12H2. The maximum Gasteiger partial charge on any atom is 0.255 e. The molecule has 0 unspecified atom stereocenters. The summed E-state index contributed by atoms with van der Waals surface area (Å²) >= 11 is 0. The van der Waals surface area contributed by atoms with Crippen molar-refractivity contribution in [2.24, 2.45) is 0 Å². The SMILES string of the molecule is O=C(c1cncc(NCc2ccccn2)c1)N1CCCC1. The Kier molecular flexibility index (Phi) is 4.09. The maximum absolute atomic E-state index is 12.3. The summed E-state index contributed by atoms with van der Waals surface area (Å²) in [4.78, 5) is 22.6. The fraction of sp³-hybridized carbons (Fsp3) is 0.312. The molecule has 3 rings (SSSR count). The van der Waals surface area contributed by atoms with Crippen molar-refractivity contribution in [3.8, 4) is 0 Å². The fourth-order valence-electron chi connectivity index (χ4n) is 2.45. The number of carbonyl (C=O) groups excluding carboxylic acids is 1. The third-order valence-corrected chi connectivity index (χ3v) is 3.58. The second kappa shape index (κ2) is 6.35. The van der Waals surface area contributed by atoms with Crippen LogP contribution in [0, 0.1) is 0 Å². The van der Waals surface area contributed by atoms with Crippen LogP contribution in [0.2, 0.25) is 0 Å². The first-order valence-electron chi connectivity index (χ1n) is 7.21. The molecule has 1 amide bonds. The Labute approximate surface area is 124 Å². The first kappa shape index (κ1) is 13.5. The van der Waals surface area contributed by atoms with Gasteiger partial charge >= 0.3 is 0 Å². The van der Waals surface area contributed by atoms with Gasteiger partial charge in [-0.2, -0.15) is 0 Å². The molecule has 2 aromatic heterocycles. The van der Waals surface area contributed by atoms with Crippen molar-refractivity contribution in [2.45, 2.75) is 19.4 Å². The topological polar surface area (TPSA) is 58.1 Å². The lowest BCUT2D eigenvalue weighted by Gasteiger charge is -2.15. The summed E-state index contributed by atoms with van der Waals surface area (Å²) in [6.45, 7) is 2.32. The highest BCUT2D eigenvalue weighted by Crippen LogP contribution is 2.15. The zero-order valence-electron chi connectivity index (χ0n) is 11.8. The van der Waals surface area contributed by atoms with E-state index in [-0.39, 0.29) is 5.91 Å². The van der Waals surface area contributed by atoms with Crippen LogP contribution in [0.5, 0.6) is 0 Å². The molecule has 3 heterocycles. The summed E-state index contributed by atoms with van der Waals surface area (Å²) in [5.41, 5.74) is 2.43. The summed E-state index contributed by atoms with van der Waals surface area (Å²) in [5.74, 6) is 0.0708. The van der Waals surface area contributed by atoms with Gasteiger partial charge in [0.15, 0.2) is 0 Å². The number of nitrogens with one attached hydrogen (secondary N) is 1. The van der Waals surface area contributed by atoms with Gasteiger partial charge in [-0.25, -0.2) is 0 Å². The molecule has 5 heteroatoms. The molecule has 21 heavy (non-hydrogen) atoms. The number of aromatic nitrogens is 2. The number of pyridine rings is 2. The maximum atomic E-state index is 12.3. The average molecular weight is 282 g/mol. The van der Waals surface area contributed by atoms with Crippen LogP contribution in [-0.4, -0.2) is 33.9 Å². The van der Waals surface area contributed by atoms with Crippen LogP contribution in [0.4, 0.5) is 5.69 Å². The third-order valence-electron chi connectivity index (χ3n) is 3.58. The summed E-state index contributed by atoms with van der Waals surface area (Å²) < 4.78 is 0. The van der Waals surface area contributed by atoms with Gasteiger partial charge in [0.25, 0.3) is 5.91 Å². The van der Waals surface area contributed by atoms with Crippen LogP contribution < -0.4 is 5.32 Å². The molecule has 0 spiro atoms. The monoisotopic (exact) mass is 282 g/mol. The van der Waals surface area contributed by atoms with Gasteiger partial charge in [0.2, 0.25) is 0 Å². The molecule has 1 saturated heterocycles. The molecule has 108 valence electrons. The number of hydrogen-bond acceptors (Lipinski definition) is 4. The van der Waals surface area contributed by atoms with Crippen molar-refractivity contribution in [3.05, 3.63) is 54.1 Å². The molecule has 0 aliphatic carbocycles. The van der Waals surface area contributed by atoms with Gasteiger partial charge in [-0.3, -0.25) is 14.8 Å². The highest BCUT2D eigenvalue weighted by Gasteiger charge is 2.19. The first-order chi connectivity index (χ1) is 10.3. The van der Waals surface area contributed by atoms with Crippen LogP contribution in [0.1, 0.15) is 28.9 Å². The van der Waals surface area contributed by atoms with Crippen molar-refractivity contribution in [2.75, 3.05) is 18.4 Å². The van der Waals surface area contributed by atoms with Gasteiger partial charge in [0.1, 0.15) is 0 Å². The Morgan fingerprint density at radius 3 is 2.86 bits per heavy atom. The quantitative estimate of drug-likeness (QED) is 0.935. The van der Waals surface area contributed by atoms with E-state index in [1.807, 2.05) is 29.2 Å². The number of amides is 1. The lowest BCUT2D eigenvalue weighted by atomic mass is 10.2. The van der Waals surface area contributed by atoms with Gasteiger partial charge in [-0.1, -0.05) is 6.07 Å². The number of nitrogens with zero attached hydrogens (tertiary/aromatic N) is 3. The highest BCUT2D eigenvalue weighted by atomic mass is 16.2. The van der Waals surface area contributed by atoms with Gasteiger partial charge < -0.3 is 10.2 Å². The molecule has 5 nitrogen and oxygen atoms in total. The molecule has 0 bridgehead atoms. The number of rotatable bonds is 4. The first-order valence-corrected chi connectivity index (χ1v) is 7.21. The third kappa shape index (κ3) is 3.37. The number of carbonyl (C=O) groups is 1. The van der Waals surface area contributed by atoms with Gasteiger partial charge in [-0.05, 0) is 31.0 Å². The van der Waals surface area contributed by atoms with E-state index < -0.39 is 0 Å². The average Bonchev–Trinajstić information content (AvgIpc) is 3.08. The summed E-state index contributed by atoms with van der Waals surface area (Å²) in [5, 5.41) is 3.25. The Hall–Kier alpha value is -2.43. The molecule has 0 atom stereocenters. The summed E-state index contributed by atoms with van der Waals surface area (Å²) in [6, 6.07) is 7.66. The molecule has 2 aromatic rings. The predicted octanol–water partition coefficient (Wildman–Crippen LogP) is 2.32. The van der Waals surface area contributed by atoms with E-state index in [1.165, 1.54) is 0 Å². The number of likely N-dealkylation sites (tertiary alicyclic amines) is 1. The second-order valence-corrected chi connectivity index (χ2v) is 5.14. The van der Waals surface area contributed by atoms with Crippen LogP contribution >= 0.6 is 0 Å². The van der Waals surface area contributed by atoms with E-state index in [0.717, 1.165) is 37.3 Å². The Bertz CT molecular complexity index is 609. The minimum Gasteiger partial charge on any atom is -0.378 e. The van der Waals surface area contributed by atoms with Crippen molar-refractivity contribution < 1.29 is 4.79 Å². The molecule has 0 radical (unpaired) electrons. The van der Waals surface area contributed by atoms with E-state index in [9.17, 15) is 4.79 Å². The normalized spacial score (nSPS) is 14.2. The van der Waals surface area contributed by atoms with Crippen LogP contribution in [0.3, 0.4) is 0 Å². The smallest absolute Gasteiger partial charge is 0.255 e. The Morgan fingerprint density at radius 1 is 1.24 bits per heavy atom. The molecule has 0 saturated carbocycles. The van der Waals surface area contributed by atoms with Gasteiger partial charge in [-0.15, -0.1) is 0 Å². The van der Waals surface area contributed by atoms with Crippen LogP contribution in [0.25, 0.3) is 0 Å². The predicted molar refractivity (Wildman–Crippen MR) is 80.9 cm³/mol. The molecular formula is C16H18N4O. The summed E-state index contributed by atoms with van der Waals surface area (Å²) in [6.07, 6.45) is 7.31. The minimum atomic E-state index is 0.0708. The molecule has 0 aromatic carbocycles. The fourth-order valence-corrected chi connectivity index (χ4v) is 2.45. The number of hydrogen-bond donors (Lipinski definition) is 1. The van der Waals surface area contributed by atoms with Crippen molar-refractivity contribution in [3.63, 3.8) is 0 Å². The van der Waals surface area contributed by atoms with E-state index in [4.69, 9.17) is 0 Å². The van der Waals surface area contributed by atoms with E-state index in [0.29, 0.717) is 12.1 Å². The van der Waals surface area contributed by atoms with E-state index in [1.54, 1.807) is 18.6 Å². The van der Waals surface area contributed by atoms with E-state index in [2.05, 4.69) is 15.3 Å². The van der Waals surface area contributed by atoms with Crippen LogP contribution in [0.15, 0.2) is 42.9 Å². The molecule has 1 aliphatic rings. The Balaban J connectivity index is 1.66. The zero-order valence-corrected chi connectivity index (χ0v) is 11.8. The lowest BCUT2D eigenvalue weighted by molar-refractivity contribution is 0.0792. The van der Waals surface area contributed by atoms with E-state index >= 15 is 0 Å². The minimum absolute atomic E-state index is 0.0708. The highest BCUT2D eigenvalue weighted by molar-refractivity contribution is 5.94. The van der Waals surface area contributed by atoms with Gasteiger partial charge in [0, 0.05) is 31.7 Å². The largest absolute Gasteiger partial charge is 0.378 e. The molecular weight excluding hydrogens is 264 g/mol. The van der Waals surface area contributed by atoms with Gasteiger partial charge in [0.05, 0.1) is 23.5 Å². The Morgan fingerprint density at radius 2 is 2.10 bits per heavy atom. The van der Waals surface area contributed by atoms with Crippen molar-refractivity contribution in [1.29, 1.82) is 0 Å². The molecule has 1 aliphatic heterocycles. The summed E-state index contributed by atoms with van der Waals surface area (Å²) in [7, 11) is 0. The lowest BCUT2D eigenvalue weighted by Crippen LogP contribution is -2.27. The molecule has 1 N–H and O–H groups in total. The zero-order chi connectivity index (χ0) is 14.5. The molecule has 1 fully saturated rings. The van der Waals surface area contributed by atoms with Crippen molar-refractivity contribution >= 4 is 11.6 Å².